The second kappa shape index (κ2) is 4.59. The first-order chi connectivity index (χ1) is 9.56. The zero-order valence-corrected chi connectivity index (χ0v) is 11.9. The Morgan fingerprint density at radius 3 is 2.60 bits per heavy atom. The number of hydrogen-bond acceptors (Lipinski definition) is 3. The van der Waals surface area contributed by atoms with Crippen molar-refractivity contribution < 1.29 is 4.79 Å². The topological polar surface area (TPSA) is 73.8 Å². The average molecular weight is 291 g/mol. The van der Waals surface area contributed by atoms with E-state index in [1.165, 1.54) is 0 Å². The number of carbonyl (C=O) groups excluding carboxylic acids is 1. The predicted molar refractivity (Wildman–Crippen MR) is 76.2 cm³/mol. The molecular formula is C14H15ClN4O. The fourth-order valence-electron chi connectivity index (χ4n) is 2.73. The third-order valence-corrected chi connectivity index (χ3v) is 4.43. The fraction of sp³-hybridized carbons (Fsp3) is 0.357. The van der Waals surface area contributed by atoms with E-state index in [1.807, 2.05) is 29.8 Å². The molecule has 1 aliphatic carbocycles. The van der Waals surface area contributed by atoms with Crippen LogP contribution in [0.5, 0.6) is 0 Å². The number of benzene rings is 1. The van der Waals surface area contributed by atoms with Gasteiger partial charge in [-0.2, -0.15) is 0 Å². The summed E-state index contributed by atoms with van der Waals surface area (Å²) in [5, 5.41) is 9.01. The molecule has 0 spiro atoms. The number of amides is 1. The van der Waals surface area contributed by atoms with Gasteiger partial charge in [0.25, 0.3) is 0 Å². The molecule has 1 saturated carbocycles. The Morgan fingerprint density at radius 2 is 2.05 bits per heavy atom. The molecular weight excluding hydrogens is 276 g/mol. The van der Waals surface area contributed by atoms with Crippen molar-refractivity contribution in [2.45, 2.75) is 24.7 Å². The first kappa shape index (κ1) is 13.1. The third kappa shape index (κ3) is 1.73. The molecule has 20 heavy (non-hydrogen) atoms. The number of hydrogen-bond donors (Lipinski definition) is 1. The van der Waals surface area contributed by atoms with Gasteiger partial charge in [0.05, 0.1) is 5.02 Å². The van der Waals surface area contributed by atoms with Crippen molar-refractivity contribution in [3.8, 4) is 11.4 Å². The molecule has 0 radical (unpaired) electrons. The molecule has 0 unspecified atom stereocenters. The van der Waals surface area contributed by atoms with Crippen LogP contribution in [0.1, 0.15) is 25.1 Å². The molecule has 1 fully saturated rings. The highest BCUT2D eigenvalue weighted by molar-refractivity contribution is 6.33. The highest BCUT2D eigenvalue weighted by atomic mass is 35.5. The van der Waals surface area contributed by atoms with Crippen LogP contribution in [0.3, 0.4) is 0 Å². The third-order valence-electron chi connectivity index (χ3n) is 4.10. The van der Waals surface area contributed by atoms with Crippen molar-refractivity contribution in [1.82, 2.24) is 14.8 Å². The number of carbonyl (C=O) groups is 1. The average Bonchev–Trinajstić information content (AvgIpc) is 2.71. The number of primary amides is 1. The molecule has 3 rings (SSSR count). The van der Waals surface area contributed by atoms with E-state index in [2.05, 4.69) is 10.2 Å². The second-order valence-electron chi connectivity index (χ2n) is 5.19. The Bertz CT molecular complexity index is 676. The van der Waals surface area contributed by atoms with Crippen molar-refractivity contribution in [3.05, 3.63) is 35.1 Å². The lowest BCUT2D eigenvalue weighted by Crippen LogP contribution is -2.48. The summed E-state index contributed by atoms with van der Waals surface area (Å²) in [5.74, 6) is 0.953. The largest absolute Gasteiger partial charge is 0.369 e. The predicted octanol–water partition coefficient (Wildman–Crippen LogP) is 2.04. The highest BCUT2D eigenvalue weighted by Crippen LogP contribution is 2.43. The van der Waals surface area contributed by atoms with Crippen LogP contribution >= 0.6 is 11.6 Å². The summed E-state index contributed by atoms with van der Waals surface area (Å²) in [6.45, 7) is 0. The van der Waals surface area contributed by atoms with Crippen molar-refractivity contribution in [2.75, 3.05) is 0 Å². The van der Waals surface area contributed by atoms with E-state index in [1.54, 1.807) is 6.07 Å². The fourth-order valence-corrected chi connectivity index (χ4v) is 2.95. The van der Waals surface area contributed by atoms with Crippen LogP contribution in [0.25, 0.3) is 11.4 Å². The number of rotatable bonds is 3. The van der Waals surface area contributed by atoms with Crippen LogP contribution in [0, 0.1) is 0 Å². The van der Waals surface area contributed by atoms with Gasteiger partial charge in [-0.05, 0) is 25.0 Å². The lowest BCUT2D eigenvalue weighted by Gasteiger charge is -2.37. The van der Waals surface area contributed by atoms with Crippen molar-refractivity contribution in [1.29, 1.82) is 0 Å². The molecule has 0 atom stereocenters. The van der Waals surface area contributed by atoms with E-state index in [0.717, 1.165) is 24.8 Å². The maximum Gasteiger partial charge on any atom is 0.231 e. The first-order valence-electron chi connectivity index (χ1n) is 6.51. The quantitative estimate of drug-likeness (QED) is 0.940. The van der Waals surface area contributed by atoms with Gasteiger partial charge in [0.15, 0.2) is 5.82 Å². The molecule has 1 aromatic carbocycles. The smallest absolute Gasteiger partial charge is 0.231 e. The summed E-state index contributed by atoms with van der Waals surface area (Å²) in [6, 6.07) is 7.44. The van der Waals surface area contributed by atoms with Gasteiger partial charge >= 0.3 is 0 Å². The number of nitrogens with zero attached hydrogens (tertiary/aromatic N) is 3. The van der Waals surface area contributed by atoms with E-state index in [9.17, 15) is 4.79 Å². The second-order valence-corrected chi connectivity index (χ2v) is 5.59. The van der Waals surface area contributed by atoms with Gasteiger partial charge in [-0.25, -0.2) is 0 Å². The van der Waals surface area contributed by atoms with E-state index >= 15 is 0 Å². The van der Waals surface area contributed by atoms with Crippen LogP contribution in [-0.2, 0) is 17.3 Å². The van der Waals surface area contributed by atoms with E-state index in [0.29, 0.717) is 16.7 Å². The van der Waals surface area contributed by atoms with Gasteiger partial charge in [0, 0.05) is 12.6 Å². The van der Waals surface area contributed by atoms with E-state index in [4.69, 9.17) is 17.3 Å². The molecule has 1 aliphatic rings. The molecule has 0 aliphatic heterocycles. The van der Waals surface area contributed by atoms with Gasteiger partial charge in [0.1, 0.15) is 11.2 Å². The maximum atomic E-state index is 11.8. The van der Waals surface area contributed by atoms with Gasteiger partial charge in [-0.1, -0.05) is 30.2 Å². The molecule has 0 bridgehead atoms. The lowest BCUT2D eigenvalue weighted by molar-refractivity contribution is -0.127. The summed E-state index contributed by atoms with van der Waals surface area (Å²) >= 11 is 6.19. The lowest BCUT2D eigenvalue weighted by atomic mass is 9.67. The molecule has 1 amide bonds. The van der Waals surface area contributed by atoms with Crippen molar-refractivity contribution >= 4 is 17.5 Å². The minimum Gasteiger partial charge on any atom is -0.369 e. The number of halogens is 1. The number of aromatic nitrogens is 3. The Morgan fingerprint density at radius 1 is 1.35 bits per heavy atom. The Kier molecular flexibility index (Phi) is 3.01. The van der Waals surface area contributed by atoms with E-state index in [-0.39, 0.29) is 5.91 Å². The molecule has 1 aromatic heterocycles. The Labute approximate surface area is 121 Å². The molecule has 0 saturated heterocycles. The van der Waals surface area contributed by atoms with Crippen LogP contribution in [0.15, 0.2) is 24.3 Å². The highest BCUT2D eigenvalue weighted by Gasteiger charge is 2.48. The van der Waals surface area contributed by atoms with Gasteiger partial charge in [0.2, 0.25) is 5.91 Å². The van der Waals surface area contributed by atoms with Crippen LogP contribution in [0.2, 0.25) is 5.02 Å². The standard InChI is InChI=1S/C14H15ClN4O/c1-19-11(9-5-2-3-6-10(9)15)17-18-13(19)14(12(16)20)7-4-8-14/h2-3,5-6H,4,7-8H2,1H3,(H2,16,20). The summed E-state index contributed by atoms with van der Waals surface area (Å²) < 4.78 is 1.82. The molecule has 1 heterocycles. The Hall–Kier alpha value is -1.88. The van der Waals surface area contributed by atoms with Crippen LogP contribution < -0.4 is 5.73 Å². The number of nitrogens with two attached hydrogens (primary N) is 1. The molecule has 2 N–H and O–H groups in total. The normalized spacial score (nSPS) is 16.7. The summed E-state index contributed by atoms with van der Waals surface area (Å²) in [5.41, 5.74) is 5.70. The maximum absolute atomic E-state index is 11.8. The van der Waals surface area contributed by atoms with Crippen LogP contribution in [0.4, 0.5) is 0 Å². The SMILES string of the molecule is Cn1c(-c2ccccc2Cl)nnc1C1(C(N)=O)CCC1. The minimum absolute atomic E-state index is 0.329. The van der Waals surface area contributed by atoms with E-state index < -0.39 is 5.41 Å². The zero-order chi connectivity index (χ0) is 14.3. The molecule has 6 heteroatoms. The van der Waals surface area contributed by atoms with Gasteiger partial charge in [-0.3, -0.25) is 4.79 Å². The van der Waals surface area contributed by atoms with Crippen molar-refractivity contribution in [2.24, 2.45) is 12.8 Å². The molecule has 2 aromatic rings. The first-order valence-corrected chi connectivity index (χ1v) is 6.89. The van der Waals surface area contributed by atoms with Gasteiger partial charge in [-0.15, -0.1) is 10.2 Å². The summed E-state index contributed by atoms with van der Waals surface area (Å²) in [7, 11) is 1.84. The Balaban J connectivity index is 2.10. The minimum atomic E-state index is -0.665. The summed E-state index contributed by atoms with van der Waals surface area (Å²) in [6.07, 6.45) is 2.45. The van der Waals surface area contributed by atoms with Gasteiger partial charge < -0.3 is 10.3 Å². The van der Waals surface area contributed by atoms with Crippen molar-refractivity contribution in [3.63, 3.8) is 0 Å². The molecule has 5 nitrogen and oxygen atoms in total. The zero-order valence-electron chi connectivity index (χ0n) is 11.1. The van der Waals surface area contributed by atoms with Crippen LogP contribution in [-0.4, -0.2) is 20.7 Å². The molecule has 104 valence electrons. The summed E-state index contributed by atoms with van der Waals surface area (Å²) in [4.78, 5) is 11.8. The monoisotopic (exact) mass is 290 g/mol.